The van der Waals surface area contributed by atoms with Gasteiger partial charge in [-0.25, -0.2) is 0 Å². The molecule has 0 aromatic heterocycles. The van der Waals surface area contributed by atoms with Gasteiger partial charge in [0, 0.05) is 23.9 Å². The van der Waals surface area contributed by atoms with Gasteiger partial charge in [0.25, 0.3) is 5.91 Å². The van der Waals surface area contributed by atoms with Crippen molar-refractivity contribution in [3.8, 4) is 5.75 Å². The van der Waals surface area contributed by atoms with Crippen LogP contribution in [0.4, 0.5) is 11.4 Å². The summed E-state index contributed by atoms with van der Waals surface area (Å²) in [5, 5.41) is 8.45. The molecule has 2 aromatic carbocycles. The van der Waals surface area contributed by atoms with E-state index in [4.69, 9.17) is 17.0 Å². The number of hydrogen-bond donors (Lipinski definition) is 3. The van der Waals surface area contributed by atoms with E-state index in [2.05, 4.69) is 22.9 Å². The second kappa shape index (κ2) is 11.8. The van der Waals surface area contributed by atoms with Crippen LogP contribution in [0, 0.1) is 0 Å². The van der Waals surface area contributed by atoms with E-state index in [0.29, 0.717) is 23.5 Å². The molecule has 0 spiro atoms. The maximum Gasteiger partial charge on any atom is 0.255 e. The van der Waals surface area contributed by atoms with Crippen LogP contribution in [-0.4, -0.2) is 23.5 Å². The van der Waals surface area contributed by atoms with Crippen LogP contribution in [0.2, 0.25) is 0 Å². The van der Waals surface area contributed by atoms with Crippen LogP contribution in [-0.2, 0) is 4.79 Å². The Bertz CT molecular complexity index is 820. The average molecular weight is 414 g/mol. The predicted molar refractivity (Wildman–Crippen MR) is 121 cm³/mol. The number of benzene rings is 2. The molecule has 0 aliphatic heterocycles. The first-order chi connectivity index (χ1) is 14.0. The number of carbonyl (C=O) groups is 2. The molecule has 2 amide bonds. The summed E-state index contributed by atoms with van der Waals surface area (Å²) in [6.07, 6.45) is 4.63. The summed E-state index contributed by atoms with van der Waals surface area (Å²) in [7, 11) is 0. The van der Waals surface area contributed by atoms with Crippen molar-refractivity contribution >= 4 is 40.5 Å². The average Bonchev–Trinajstić information content (AvgIpc) is 2.69. The molecule has 0 bridgehead atoms. The number of nitrogens with one attached hydrogen (secondary N) is 3. The van der Waals surface area contributed by atoms with Crippen molar-refractivity contribution in [3.63, 3.8) is 0 Å². The van der Waals surface area contributed by atoms with Crippen molar-refractivity contribution in [1.29, 1.82) is 0 Å². The fourth-order valence-electron chi connectivity index (χ4n) is 2.58. The zero-order valence-corrected chi connectivity index (χ0v) is 17.6. The lowest BCUT2D eigenvalue weighted by atomic mass is 10.2. The van der Waals surface area contributed by atoms with Crippen molar-refractivity contribution in [2.45, 2.75) is 39.5 Å². The maximum absolute atomic E-state index is 12.4. The lowest BCUT2D eigenvalue weighted by Gasteiger charge is -2.10. The molecule has 0 fully saturated rings. The molecule has 0 saturated carbocycles. The maximum atomic E-state index is 12.4. The first kappa shape index (κ1) is 22.4. The zero-order valence-electron chi connectivity index (χ0n) is 16.8. The zero-order chi connectivity index (χ0) is 21.1. The van der Waals surface area contributed by atoms with Gasteiger partial charge in [0.05, 0.1) is 6.61 Å². The second-order valence-electron chi connectivity index (χ2n) is 6.60. The summed E-state index contributed by atoms with van der Waals surface area (Å²) in [5.41, 5.74) is 1.92. The molecular weight excluding hydrogens is 386 g/mol. The van der Waals surface area contributed by atoms with E-state index >= 15 is 0 Å². The Kier molecular flexibility index (Phi) is 9.11. The Hall–Kier alpha value is -2.93. The minimum Gasteiger partial charge on any atom is -0.494 e. The van der Waals surface area contributed by atoms with Gasteiger partial charge in [-0.2, -0.15) is 0 Å². The van der Waals surface area contributed by atoms with E-state index in [0.717, 1.165) is 12.2 Å². The molecule has 6 nitrogen and oxygen atoms in total. The minimum atomic E-state index is -0.237. The SMILES string of the molecule is CCCCCCOc1ccc(C(=O)Nc2ccc(NC(=S)NC(C)=O)cc2)cc1. The standard InChI is InChI=1S/C22H27N3O3S/c1-3-4-5-6-15-28-20-13-7-17(8-14-20)21(27)24-18-9-11-19(12-10-18)25-22(29)23-16(2)26/h7-14H,3-6,15H2,1-2H3,(H,24,27)(H2,23,25,26,29). The van der Waals surface area contributed by atoms with Gasteiger partial charge in [0.15, 0.2) is 5.11 Å². The van der Waals surface area contributed by atoms with E-state index in [1.165, 1.54) is 26.2 Å². The molecule has 0 aliphatic rings. The summed E-state index contributed by atoms with van der Waals surface area (Å²) < 4.78 is 5.70. The Morgan fingerprint density at radius 3 is 2.10 bits per heavy atom. The molecule has 29 heavy (non-hydrogen) atoms. The molecule has 0 radical (unpaired) electrons. The van der Waals surface area contributed by atoms with E-state index in [1.807, 2.05) is 12.1 Å². The van der Waals surface area contributed by atoms with Gasteiger partial charge in [-0.1, -0.05) is 26.2 Å². The third-order valence-electron chi connectivity index (χ3n) is 4.07. The molecule has 2 aromatic rings. The third-order valence-corrected chi connectivity index (χ3v) is 4.28. The van der Waals surface area contributed by atoms with E-state index in [1.54, 1.807) is 36.4 Å². The molecule has 3 N–H and O–H groups in total. The monoisotopic (exact) mass is 413 g/mol. The van der Waals surface area contributed by atoms with Crippen molar-refractivity contribution in [2.75, 3.05) is 17.2 Å². The fraction of sp³-hybridized carbons (Fsp3) is 0.318. The van der Waals surface area contributed by atoms with Crippen molar-refractivity contribution in [1.82, 2.24) is 5.32 Å². The number of amides is 2. The molecule has 154 valence electrons. The molecule has 0 heterocycles. The number of hydrogen-bond acceptors (Lipinski definition) is 4. The first-order valence-corrected chi connectivity index (χ1v) is 10.1. The molecule has 0 saturated heterocycles. The van der Waals surface area contributed by atoms with Crippen molar-refractivity contribution in [2.24, 2.45) is 0 Å². The Balaban J connectivity index is 1.83. The quantitative estimate of drug-likeness (QED) is 0.409. The van der Waals surface area contributed by atoms with Crippen molar-refractivity contribution in [3.05, 3.63) is 54.1 Å². The summed E-state index contributed by atoms with van der Waals surface area (Å²) in [4.78, 5) is 23.4. The number of unbranched alkanes of at least 4 members (excludes halogenated alkanes) is 3. The number of ether oxygens (including phenoxy) is 1. The highest BCUT2D eigenvalue weighted by atomic mass is 32.1. The van der Waals surface area contributed by atoms with Gasteiger partial charge in [-0.15, -0.1) is 0 Å². The number of carbonyl (C=O) groups excluding carboxylic acids is 2. The largest absolute Gasteiger partial charge is 0.494 e. The fourth-order valence-corrected chi connectivity index (χ4v) is 2.85. The molecule has 0 unspecified atom stereocenters. The van der Waals surface area contributed by atoms with E-state index < -0.39 is 0 Å². The van der Waals surface area contributed by atoms with Gasteiger partial charge in [-0.05, 0) is 67.2 Å². The molecule has 2 rings (SSSR count). The molecular formula is C22H27N3O3S. The summed E-state index contributed by atoms with van der Waals surface area (Å²) in [6, 6.07) is 14.2. The highest BCUT2D eigenvalue weighted by molar-refractivity contribution is 7.80. The van der Waals surface area contributed by atoms with E-state index in [-0.39, 0.29) is 16.9 Å². The smallest absolute Gasteiger partial charge is 0.255 e. The summed E-state index contributed by atoms with van der Waals surface area (Å²) >= 11 is 5.01. The van der Waals surface area contributed by atoms with Crippen LogP contribution < -0.4 is 20.7 Å². The van der Waals surface area contributed by atoms with Crippen LogP contribution in [0.1, 0.15) is 49.9 Å². The summed E-state index contributed by atoms with van der Waals surface area (Å²) in [6.45, 7) is 4.26. The minimum absolute atomic E-state index is 0.200. The van der Waals surface area contributed by atoms with Crippen LogP contribution in [0.3, 0.4) is 0 Å². The van der Waals surface area contributed by atoms with Gasteiger partial charge in [0.2, 0.25) is 5.91 Å². The Morgan fingerprint density at radius 1 is 0.897 bits per heavy atom. The van der Waals surface area contributed by atoms with Gasteiger partial charge in [-0.3, -0.25) is 9.59 Å². The summed E-state index contributed by atoms with van der Waals surface area (Å²) in [5.74, 6) is 0.330. The lowest BCUT2D eigenvalue weighted by Crippen LogP contribution is -2.32. The third kappa shape index (κ3) is 8.31. The van der Waals surface area contributed by atoms with Gasteiger partial charge < -0.3 is 20.7 Å². The van der Waals surface area contributed by atoms with Crippen molar-refractivity contribution < 1.29 is 14.3 Å². The van der Waals surface area contributed by atoms with Gasteiger partial charge >= 0.3 is 0 Å². The molecule has 0 atom stereocenters. The highest BCUT2D eigenvalue weighted by Crippen LogP contribution is 2.17. The highest BCUT2D eigenvalue weighted by Gasteiger charge is 2.07. The second-order valence-corrected chi connectivity index (χ2v) is 7.01. The van der Waals surface area contributed by atoms with Gasteiger partial charge in [0.1, 0.15) is 5.75 Å². The molecule has 7 heteroatoms. The van der Waals surface area contributed by atoms with Crippen LogP contribution >= 0.6 is 12.2 Å². The normalized spacial score (nSPS) is 10.1. The number of rotatable bonds is 9. The topological polar surface area (TPSA) is 79.5 Å². The predicted octanol–water partition coefficient (Wildman–Crippen LogP) is 4.73. The number of thiocarbonyl (C=S) groups is 1. The van der Waals surface area contributed by atoms with E-state index in [9.17, 15) is 9.59 Å². The van der Waals surface area contributed by atoms with Crippen LogP contribution in [0.25, 0.3) is 0 Å². The number of anilines is 2. The first-order valence-electron chi connectivity index (χ1n) is 9.71. The Labute approximate surface area is 177 Å². The lowest BCUT2D eigenvalue weighted by molar-refractivity contribution is -0.117. The Morgan fingerprint density at radius 2 is 1.52 bits per heavy atom. The molecule has 0 aliphatic carbocycles. The van der Waals surface area contributed by atoms with Crippen LogP contribution in [0.15, 0.2) is 48.5 Å². The van der Waals surface area contributed by atoms with Crippen LogP contribution in [0.5, 0.6) is 5.75 Å².